The van der Waals surface area contributed by atoms with Crippen molar-refractivity contribution in [1.29, 1.82) is 0 Å². The molecule has 26 heavy (non-hydrogen) atoms. The number of carbonyl (C=O) groups is 1. The van der Waals surface area contributed by atoms with Crippen LogP contribution in [0.5, 0.6) is 11.5 Å². The van der Waals surface area contributed by atoms with Gasteiger partial charge in [0.15, 0.2) is 18.1 Å². The summed E-state index contributed by atoms with van der Waals surface area (Å²) >= 11 is 0. The van der Waals surface area contributed by atoms with Gasteiger partial charge in [-0.05, 0) is 43.4 Å². The Morgan fingerprint density at radius 3 is 2.31 bits per heavy atom. The third kappa shape index (κ3) is 4.76. The van der Waals surface area contributed by atoms with Crippen LogP contribution in [0.1, 0.15) is 25.3 Å². The van der Waals surface area contributed by atoms with Crippen molar-refractivity contribution >= 4 is 5.91 Å². The first-order valence-corrected chi connectivity index (χ1v) is 9.00. The lowest BCUT2D eigenvalue weighted by molar-refractivity contribution is -0.125. The molecule has 2 aromatic rings. The van der Waals surface area contributed by atoms with Crippen molar-refractivity contribution in [3.8, 4) is 11.5 Å². The predicted molar refractivity (Wildman–Crippen MR) is 101 cm³/mol. The van der Waals surface area contributed by atoms with Gasteiger partial charge in [-0.15, -0.1) is 0 Å². The number of ether oxygens (including phenoxy) is 2. The summed E-state index contributed by atoms with van der Waals surface area (Å²) in [6.07, 6.45) is 2.23. The first-order chi connectivity index (χ1) is 12.6. The molecule has 1 atom stereocenters. The van der Waals surface area contributed by atoms with Crippen LogP contribution in [0.15, 0.2) is 54.6 Å². The van der Waals surface area contributed by atoms with Crippen LogP contribution >= 0.6 is 0 Å². The van der Waals surface area contributed by atoms with Gasteiger partial charge in [0, 0.05) is 6.54 Å². The monoisotopic (exact) mass is 354 g/mol. The molecule has 1 aliphatic rings. The third-order valence-corrected chi connectivity index (χ3v) is 4.77. The quantitative estimate of drug-likeness (QED) is 0.726. The van der Waals surface area contributed by atoms with Crippen molar-refractivity contribution in [1.82, 2.24) is 5.32 Å². The van der Waals surface area contributed by atoms with E-state index in [4.69, 9.17) is 15.2 Å². The van der Waals surface area contributed by atoms with Gasteiger partial charge in [0.2, 0.25) is 0 Å². The van der Waals surface area contributed by atoms with Gasteiger partial charge in [-0.3, -0.25) is 4.79 Å². The SMILES string of the molecule is CC(CN)(NC(=O)COc1ccccc1OCc1ccccc1)C1CC1. The van der Waals surface area contributed by atoms with E-state index in [1.165, 1.54) is 0 Å². The van der Waals surface area contributed by atoms with Crippen LogP contribution in [0.4, 0.5) is 0 Å². The van der Waals surface area contributed by atoms with Crippen molar-refractivity contribution in [2.45, 2.75) is 31.9 Å². The highest BCUT2D eigenvalue weighted by Gasteiger charge is 2.41. The molecule has 0 saturated heterocycles. The fraction of sp³-hybridized carbons (Fsp3) is 0.381. The lowest BCUT2D eigenvalue weighted by Crippen LogP contribution is -2.54. The molecular formula is C21H26N2O3. The van der Waals surface area contributed by atoms with Crippen LogP contribution in [0.25, 0.3) is 0 Å². The number of amides is 1. The number of rotatable bonds is 9. The topological polar surface area (TPSA) is 73.6 Å². The third-order valence-electron chi connectivity index (χ3n) is 4.77. The van der Waals surface area contributed by atoms with Gasteiger partial charge in [0.05, 0.1) is 5.54 Å². The van der Waals surface area contributed by atoms with E-state index in [-0.39, 0.29) is 18.1 Å². The second kappa shape index (κ2) is 8.23. The van der Waals surface area contributed by atoms with Crippen molar-refractivity contribution in [2.24, 2.45) is 11.7 Å². The van der Waals surface area contributed by atoms with Crippen LogP contribution in [-0.4, -0.2) is 24.6 Å². The van der Waals surface area contributed by atoms with Gasteiger partial charge < -0.3 is 20.5 Å². The maximum Gasteiger partial charge on any atom is 0.258 e. The van der Waals surface area contributed by atoms with Crippen LogP contribution < -0.4 is 20.5 Å². The summed E-state index contributed by atoms with van der Waals surface area (Å²) in [7, 11) is 0. The minimum absolute atomic E-state index is 0.0615. The van der Waals surface area contributed by atoms with Crippen molar-refractivity contribution < 1.29 is 14.3 Å². The number of nitrogens with one attached hydrogen (secondary N) is 1. The molecular weight excluding hydrogens is 328 g/mol. The zero-order valence-electron chi connectivity index (χ0n) is 15.1. The lowest BCUT2D eigenvalue weighted by atomic mass is 9.96. The van der Waals surface area contributed by atoms with E-state index in [1.54, 1.807) is 6.07 Å². The van der Waals surface area contributed by atoms with E-state index in [0.29, 0.717) is 30.6 Å². The molecule has 0 bridgehead atoms. The molecule has 3 rings (SSSR count). The first-order valence-electron chi connectivity index (χ1n) is 9.00. The summed E-state index contributed by atoms with van der Waals surface area (Å²) in [5, 5.41) is 3.02. The van der Waals surface area contributed by atoms with Gasteiger partial charge in [-0.2, -0.15) is 0 Å². The smallest absolute Gasteiger partial charge is 0.258 e. The fourth-order valence-corrected chi connectivity index (χ4v) is 2.96. The van der Waals surface area contributed by atoms with Crippen molar-refractivity contribution in [2.75, 3.05) is 13.2 Å². The molecule has 5 heteroatoms. The Morgan fingerprint density at radius 1 is 1.08 bits per heavy atom. The van der Waals surface area contributed by atoms with E-state index in [2.05, 4.69) is 5.32 Å². The number of hydrogen-bond acceptors (Lipinski definition) is 4. The molecule has 1 unspecified atom stereocenters. The normalized spacial score (nSPS) is 15.8. The van der Waals surface area contributed by atoms with E-state index in [9.17, 15) is 4.79 Å². The standard InChI is InChI=1S/C21H26N2O3/c1-21(15-22,17-11-12-17)23-20(24)14-26-19-10-6-5-9-18(19)25-13-16-7-3-2-4-8-16/h2-10,17H,11-15,22H2,1H3,(H,23,24). The van der Waals surface area contributed by atoms with Crippen LogP contribution in [0.2, 0.25) is 0 Å². The predicted octanol–water partition coefficient (Wildman–Crippen LogP) is 2.89. The van der Waals surface area contributed by atoms with Crippen LogP contribution in [0, 0.1) is 5.92 Å². The highest BCUT2D eigenvalue weighted by molar-refractivity contribution is 5.78. The number of hydrogen-bond donors (Lipinski definition) is 2. The van der Waals surface area contributed by atoms with Gasteiger partial charge in [0.25, 0.3) is 5.91 Å². The summed E-state index contributed by atoms with van der Waals surface area (Å²) in [6, 6.07) is 17.3. The maximum atomic E-state index is 12.3. The Hall–Kier alpha value is -2.53. The molecule has 0 aliphatic heterocycles. The van der Waals surface area contributed by atoms with Gasteiger partial charge >= 0.3 is 0 Å². The Labute approximate surface area is 154 Å². The average Bonchev–Trinajstić information content (AvgIpc) is 3.52. The van der Waals surface area contributed by atoms with Gasteiger partial charge in [-0.1, -0.05) is 42.5 Å². The molecule has 5 nitrogen and oxygen atoms in total. The zero-order chi connectivity index (χ0) is 18.4. The molecule has 1 aliphatic carbocycles. The van der Waals surface area contributed by atoms with Crippen molar-refractivity contribution in [3.63, 3.8) is 0 Å². The molecule has 1 fully saturated rings. The summed E-state index contributed by atoms with van der Waals surface area (Å²) < 4.78 is 11.5. The molecule has 0 heterocycles. The minimum atomic E-state index is -0.343. The number of para-hydroxylation sites is 2. The largest absolute Gasteiger partial charge is 0.485 e. The molecule has 3 N–H and O–H groups in total. The number of carbonyl (C=O) groups excluding carboxylic acids is 1. The summed E-state index contributed by atoms with van der Waals surface area (Å²) in [6.45, 7) is 2.81. The highest BCUT2D eigenvalue weighted by atomic mass is 16.5. The first kappa shape index (κ1) is 18.3. The van der Waals surface area contributed by atoms with E-state index < -0.39 is 0 Å². The summed E-state index contributed by atoms with van der Waals surface area (Å²) in [4.78, 5) is 12.3. The molecule has 138 valence electrons. The molecule has 0 aromatic heterocycles. The molecule has 1 saturated carbocycles. The van der Waals surface area contributed by atoms with Gasteiger partial charge in [0.1, 0.15) is 6.61 Å². The van der Waals surface area contributed by atoms with E-state index in [1.807, 2.05) is 55.5 Å². The number of benzene rings is 2. The Bertz CT molecular complexity index is 731. The molecule has 2 aromatic carbocycles. The van der Waals surface area contributed by atoms with Crippen LogP contribution in [0.3, 0.4) is 0 Å². The Balaban J connectivity index is 1.55. The molecule has 0 radical (unpaired) electrons. The lowest BCUT2D eigenvalue weighted by Gasteiger charge is -2.29. The summed E-state index contributed by atoms with van der Waals surface area (Å²) in [5.41, 5.74) is 6.58. The second-order valence-corrected chi connectivity index (χ2v) is 6.95. The minimum Gasteiger partial charge on any atom is -0.485 e. The highest BCUT2D eigenvalue weighted by Crippen LogP contribution is 2.39. The van der Waals surface area contributed by atoms with Crippen molar-refractivity contribution in [3.05, 3.63) is 60.2 Å². The maximum absolute atomic E-state index is 12.3. The average molecular weight is 354 g/mol. The number of nitrogens with two attached hydrogens (primary N) is 1. The van der Waals surface area contributed by atoms with E-state index >= 15 is 0 Å². The second-order valence-electron chi connectivity index (χ2n) is 6.95. The summed E-state index contributed by atoms with van der Waals surface area (Å²) in [5.74, 6) is 1.48. The Kier molecular flexibility index (Phi) is 5.78. The van der Waals surface area contributed by atoms with Gasteiger partial charge in [-0.25, -0.2) is 0 Å². The fourth-order valence-electron chi connectivity index (χ4n) is 2.96. The van der Waals surface area contributed by atoms with Crippen LogP contribution in [-0.2, 0) is 11.4 Å². The Morgan fingerprint density at radius 2 is 1.69 bits per heavy atom. The zero-order valence-corrected chi connectivity index (χ0v) is 15.1. The molecule has 1 amide bonds. The molecule has 0 spiro atoms. The van der Waals surface area contributed by atoms with E-state index in [0.717, 1.165) is 18.4 Å².